The molecule has 0 aliphatic rings. The molecular formula is C19H24ClNO2. The third kappa shape index (κ3) is 5.77. The van der Waals surface area contributed by atoms with E-state index >= 15 is 0 Å². The quantitative estimate of drug-likeness (QED) is 0.700. The van der Waals surface area contributed by atoms with Crippen molar-refractivity contribution in [3.8, 4) is 11.5 Å². The molecule has 124 valence electrons. The maximum atomic E-state index is 5.88. The van der Waals surface area contributed by atoms with Crippen LogP contribution < -0.4 is 14.8 Å². The van der Waals surface area contributed by atoms with E-state index < -0.39 is 0 Å². The first-order valence-corrected chi connectivity index (χ1v) is 8.27. The lowest BCUT2D eigenvalue weighted by atomic mass is 10.1. The number of hydrogen-bond acceptors (Lipinski definition) is 3. The summed E-state index contributed by atoms with van der Waals surface area (Å²) in [6.07, 6.45) is 3.16. The number of ether oxygens (including phenoxy) is 2. The molecule has 23 heavy (non-hydrogen) atoms. The van der Waals surface area contributed by atoms with Gasteiger partial charge in [-0.1, -0.05) is 29.8 Å². The second-order valence-electron chi connectivity index (χ2n) is 5.42. The molecule has 0 saturated carbocycles. The van der Waals surface area contributed by atoms with Gasteiger partial charge in [-0.15, -0.1) is 0 Å². The van der Waals surface area contributed by atoms with Gasteiger partial charge in [0, 0.05) is 5.02 Å². The van der Waals surface area contributed by atoms with E-state index in [2.05, 4.69) is 23.5 Å². The standard InChI is InChI=1S/C19H24ClNO2/c1-22-18-10-7-16(14-19(18)23-2)11-13-21-12-3-4-15-5-8-17(20)9-6-15/h5-10,14,21H,3-4,11-13H2,1-2H3. The van der Waals surface area contributed by atoms with Crippen molar-refractivity contribution >= 4 is 11.6 Å². The van der Waals surface area contributed by atoms with Gasteiger partial charge >= 0.3 is 0 Å². The maximum absolute atomic E-state index is 5.88. The average Bonchev–Trinajstić information content (AvgIpc) is 2.59. The van der Waals surface area contributed by atoms with Gasteiger partial charge in [-0.3, -0.25) is 0 Å². The fraction of sp³-hybridized carbons (Fsp3) is 0.368. The molecule has 3 nitrogen and oxygen atoms in total. The van der Waals surface area contributed by atoms with Crippen molar-refractivity contribution in [3.05, 3.63) is 58.6 Å². The van der Waals surface area contributed by atoms with Crippen molar-refractivity contribution < 1.29 is 9.47 Å². The summed E-state index contributed by atoms with van der Waals surface area (Å²) in [5, 5.41) is 4.28. The minimum atomic E-state index is 0.771. The van der Waals surface area contributed by atoms with Crippen LogP contribution in [0.1, 0.15) is 17.5 Å². The van der Waals surface area contributed by atoms with Crippen LogP contribution in [-0.4, -0.2) is 27.3 Å². The van der Waals surface area contributed by atoms with Crippen molar-refractivity contribution in [2.45, 2.75) is 19.3 Å². The van der Waals surface area contributed by atoms with Crippen LogP contribution in [0.2, 0.25) is 5.02 Å². The smallest absolute Gasteiger partial charge is 0.160 e. The summed E-state index contributed by atoms with van der Waals surface area (Å²) in [5.74, 6) is 1.56. The molecule has 2 aromatic carbocycles. The number of hydrogen-bond donors (Lipinski definition) is 1. The Labute approximate surface area is 143 Å². The van der Waals surface area contributed by atoms with Crippen molar-refractivity contribution in [2.75, 3.05) is 27.3 Å². The van der Waals surface area contributed by atoms with Gasteiger partial charge in [0.15, 0.2) is 11.5 Å². The molecule has 2 aromatic rings. The summed E-state index contributed by atoms with van der Waals surface area (Å²) < 4.78 is 10.6. The first-order chi connectivity index (χ1) is 11.2. The van der Waals surface area contributed by atoms with E-state index in [1.807, 2.05) is 24.3 Å². The van der Waals surface area contributed by atoms with Crippen LogP contribution in [0.15, 0.2) is 42.5 Å². The van der Waals surface area contributed by atoms with Crippen LogP contribution >= 0.6 is 11.6 Å². The Balaban J connectivity index is 1.66. The molecule has 0 saturated heterocycles. The van der Waals surface area contributed by atoms with Crippen LogP contribution in [0.5, 0.6) is 11.5 Å². The molecule has 0 atom stereocenters. The van der Waals surface area contributed by atoms with Crippen molar-refractivity contribution in [1.82, 2.24) is 5.32 Å². The normalized spacial score (nSPS) is 10.6. The van der Waals surface area contributed by atoms with Crippen molar-refractivity contribution in [3.63, 3.8) is 0 Å². The zero-order chi connectivity index (χ0) is 16.5. The Morgan fingerprint density at radius 1 is 0.826 bits per heavy atom. The molecule has 0 aromatic heterocycles. The molecule has 0 spiro atoms. The molecule has 0 amide bonds. The fourth-order valence-electron chi connectivity index (χ4n) is 2.46. The lowest BCUT2D eigenvalue weighted by molar-refractivity contribution is 0.354. The highest BCUT2D eigenvalue weighted by atomic mass is 35.5. The largest absolute Gasteiger partial charge is 0.493 e. The molecule has 0 radical (unpaired) electrons. The molecule has 2 rings (SSSR count). The number of nitrogens with one attached hydrogen (secondary N) is 1. The second-order valence-corrected chi connectivity index (χ2v) is 5.86. The molecule has 4 heteroatoms. The van der Waals surface area contributed by atoms with E-state index in [9.17, 15) is 0 Å². The van der Waals surface area contributed by atoms with E-state index in [1.165, 1.54) is 11.1 Å². The number of aryl methyl sites for hydroxylation is 1. The van der Waals surface area contributed by atoms with E-state index in [4.69, 9.17) is 21.1 Å². The number of rotatable bonds is 9. The Kier molecular flexibility index (Phi) is 7.24. The summed E-state index contributed by atoms with van der Waals surface area (Å²) >= 11 is 5.88. The number of methoxy groups -OCH3 is 2. The summed E-state index contributed by atoms with van der Waals surface area (Å²) in [5.41, 5.74) is 2.57. The van der Waals surface area contributed by atoms with Gasteiger partial charge in [-0.25, -0.2) is 0 Å². The lowest BCUT2D eigenvalue weighted by Gasteiger charge is -2.10. The van der Waals surface area contributed by atoms with Gasteiger partial charge in [0.1, 0.15) is 0 Å². The van der Waals surface area contributed by atoms with Gasteiger partial charge in [-0.2, -0.15) is 0 Å². The molecular weight excluding hydrogens is 310 g/mol. The Hall–Kier alpha value is -1.71. The lowest BCUT2D eigenvalue weighted by Crippen LogP contribution is -2.19. The molecule has 0 aliphatic heterocycles. The SMILES string of the molecule is COc1ccc(CCNCCCc2ccc(Cl)cc2)cc1OC. The van der Waals surface area contributed by atoms with E-state index in [0.29, 0.717) is 0 Å². The van der Waals surface area contributed by atoms with Crippen LogP contribution in [0.25, 0.3) is 0 Å². The summed E-state index contributed by atoms with van der Waals surface area (Å²) in [4.78, 5) is 0. The van der Waals surface area contributed by atoms with Crippen LogP contribution in [0.3, 0.4) is 0 Å². The van der Waals surface area contributed by atoms with E-state index in [0.717, 1.165) is 48.9 Å². The molecule has 0 bridgehead atoms. The minimum Gasteiger partial charge on any atom is -0.493 e. The van der Waals surface area contributed by atoms with Crippen LogP contribution in [0, 0.1) is 0 Å². The predicted octanol–water partition coefficient (Wildman–Crippen LogP) is 4.12. The van der Waals surface area contributed by atoms with Gasteiger partial charge in [0.05, 0.1) is 14.2 Å². The summed E-state index contributed by atoms with van der Waals surface area (Å²) in [6, 6.07) is 14.1. The maximum Gasteiger partial charge on any atom is 0.160 e. The summed E-state index contributed by atoms with van der Waals surface area (Å²) in [6.45, 7) is 1.96. The van der Waals surface area contributed by atoms with Crippen LogP contribution in [-0.2, 0) is 12.8 Å². The molecule has 0 heterocycles. The zero-order valence-corrected chi connectivity index (χ0v) is 14.5. The summed E-state index contributed by atoms with van der Waals surface area (Å²) in [7, 11) is 3.32. The third-order valence-corrected chi connectivity index (χ3v) is 4.02. The highest BCUT2D eigenvalue weighted by Gasteiger charge is 2.04. The van der Waals surface area contributed by atoms with E-state index in [1.54, 1.807) is 14.2 Å². The second kappa shape index (κ2) is 9.43. The van der Waals surface area contributed by atoms with Crippen molar-refractivity contribution in [2.24, 2.45) is 0 Å². The highest BCUT2D eigenvalue weighted by molar-refractivity contribution is 6.30. The Bertz CT molecular complexity index is 599. The van der Waals surface area contributed by atoms with Crippen molar-refractivity contribution in [1.29, 1.82) is 0 Å². The monoisotopic (exact) mass is 333 g/mol. The number of benzene rings is 2. The third-order valence-electron chi connectivity index (χ3n) is 3.77. The molecule has 1 N–H and O–H groups in total. The van der Waals surface area contributed by atoms with Gasteiger partial charge in [0.25, 0.3) is 0 Å². The minimum absolute atomic E-state index is 0.771. The fourth-order valence-corrected chi connectivity index (χ4v) is 2.59. The first kappa shape index (κ1) is 17.6. The van der Waals surface area contributed by atoms with Crippen LogP contribution in [0.4, 0.5) is 0 Å². The zero-order valence-electron chi connectivity index (χ0n) is 13.8. The van der Waals surface area contributed by atoms with Gasteiger partial charge in [0.2, 0.25) is 0 Å². The molecule has 0 unspecified atom stereocenters. The Morgan fingerprint density at radius 2 is 1.52 bits per heavy atom. The van der Waals surface area contributed by atoms with Gasteiger partial charge < -0.3 is 14.8 Å². The first-order valence-electron chi connectivity index (χ1n) is 7.89. The van der Waals surface area contributed by atoms with E-state index in [-0.39, 0.29) is 0 Å². The topological polar surface area (TPSA) is 30.5 Å². The average molecular weight is 334 g/mol. The molecule has 0 aliphatic carbocycles. The number of halogens is 1. The predicted molar refractivity (Wildman–Crippen MR) is 95.9 cm³/mol. The highest BCUT2D eigenvalue weighted by Crippen LogP contribution is 2.27. The molecule has 0 fully saturated rings. The Morgan fingerprint density at radius 3 is 2.22 bits per heavy atom. The van der Waals surface area contributed by atoms with Gasteiger partial charge in [-0.05, 0) is 67.7 Å².